The molecule has 0 fully saturated rings. The number of halogens is 2. The van der Waals surface area contributed by atoms with Crippen LogP contribution in [0, 0.1) is 34.8 Å². The first-order valence-electron chi connectivity index (χ1n) is 5.07. The minimum Gasteiger partial charge on any atom is -0.323 e. The summed E-state index contributed by atoms with van der Waals surface area (Å²) in [5.74, 6) is -2.19. The Bertz CT molecular complexity index is 410. The standard InChI is InChI=1S/C12H14F2N2/c1-7(2)9(6-15)12(16)8-3-4-10(13)11(14)5-8/h3-5,7,9,12H,16H2,1-2H3. The van der Waals surface area contributed by atoms with Gasteiger partial charge in [0.2, 0.25) is 0 Å². The number of nitrogens with two attached hydrogens (primary N) is 1. The fourth-order valence-corrected chi connectivity index (χ4v) is 1.57. The lowest BCUT2D eigenvalue weighted by molar-refractivity contribution is 0.401. The van der Waals surface area contributed by atoms with Crippen molar-refractivity contribution in [2.45, 2.75) is 19.9 Å². The van der Waals surface area contributed by atoms with Gasteiger partial charge in [0.1, 0.15) is 0 Å². The molecule has 0 spiro atoms. The Kier molecular flexibility index (Phi) is 3.97. The highest BCUT2D eigenvalue weighted by Gasteiger charge is 2.23. The van der Waals surface area contributed by atoms with Crippen LogP contribution in [0.1, 0.15) is 25.5 Å². The molecule has 4 heteroatoms. The highest BCUT2D eigenvalue weighted by atomic mass is 19.2. The molecular weight excluding hydrogens is 210 g/mol. The van der Waals surface area contributed by atoms with Gasteiger partial charge in [-0.25, -0.2) is 8.78 Å². The van der Waals surface area contributed by atoms with Crippen LogP contribution in [0.15, 0.2) is 18.2 Å². The fourth-order valence-electron chi connectivity index (χ4n) is 1.57. The van der Waals surface area contributed by atoms with Crippen molar-refractivity contribution in [1.82, 2.24) is 0 Å². The summed E-state index contributed by atoms with van der Waals surface area (Å²) < 4.78 is 25.7. The van der Waals surface area contributed by atoms with Crippen molar-refractivity contribution in [3.05, 3.63) is 35.4 Å². The van der Waals surface area contributed by atoms with Gasteiger partial charge in [0, 0.05) is 6.04 Å². The summed E-state index contributed by atoms with van der Waals surface area (Å²) >= 11 is 0. The highest BCUT2D eigenvalue weighted by Crippen LogP contribution is 2.26. The summed E-state index contributed by atoms with van der Waals surface area (Å²) in [5.41, 5.74) is 6.30. The number of hydrogen-bond acceptors (Lipinski definition) is 2. The summed E-state index contributed by atoms with van der Waals surface area (Å²) in [6.07, 6.45) is 0. The third-order valence-corrected chi connectivity index (χ3v) is 2.58. The third kappa shape index (κ3) is 2.56. The van der Waals surface area contributed by atoms with Crippen molar-refractivity contribution in [1.29, 1.82) is 5.26 Å². The third-order valence-electron chi connectivity index (χ3n) is 2.58. The van der Waals surface area contributed by atoms with Crippen molar-refractivity contribution >= 4 is 0 Å². The molecule has 1 aromatic carbocycles. The van der Waals surface area contributed by atoms with E-state index < -0.39 is 23.6 Å². The van der Waals surface area contributed by atoms with E-state index in [2.05, 4.69) is 6.07 Å². The summed E-state index contributed by atoms with van der Waals surface area (Å²) in [6.45, 7) is 3.74. The first-order chi connectivity index (χ1) is 7.47. The molecule has 0 aliphatic carbocycles. The average molecular weight is 224 g/mol. The lowest BCUT2D eigenvalue weighted by Crippen LogP contribution is -2.24. The molecule has 2 atom stereocenters. The Morgan fingerprint density at radius 1 is 1.25 bits per heavy atom. The van der Waals surface area contributed by atoms with E-state index in [1.807, 2.05) is 13.8 Å². The fraction of sp³-hybridized carbons (Fsp3) is 0.417. The van der Waals surface area contributed by atoms with Crippen LogP contribution in [0.25, 0.3) is 0 Å². The predicted molar refractivity (Wildman–Crippen MR) is 57.2 cm³/mol. The average Bonchev–Trinajstić information content (AvgIpc) is 2.22. The molecule has 0 amide bonds. The maximum absolute atomic E-state index is 13.0. The minimum atomic E-state index is -0.937. The first kappa shape index (κ1) is 12.6. The highest BCUT2D eigenvalue weighted by molar-refractivity contribution is 5.23. The van der Waals surface area contributed by atoms with Crippen LogP contribution in [-0.2, 0) is 0 Å². The first-order valence-corrected chi connectivity index (χ1v) is 5.07. The molecule has 0 aliphatic heterocycles. The van der Waals surface area contributed by atoms with E-state index >= 15 is 0 Å². The Labute approximate surface area is 93.7 Å². The Hall–Kier alpha value is -1.47. The maximum atomic E-state index is 13.0. The van der Waals surface area contributed by atoms with Gasteiger partial charge in [0.05, 0.1) is 12.0 Å². The zero-order chi connectivity index (χ0) is 12.3. The van der Waals surface area contributed by atoms with E-state index in [0.29, 0.717) is 5.56 Å². The summed E-state index contributed by atoms with van der Waals surface area (Å²) in [6, 6.07) is 4.98. The van der Waals surface area contributed by atoms with Crippen LogP contribution >= 0.6 is 0 Å². The quantitative estimate of drug-likeness (QED) is 0.858. The van der Waals surface area contributed by atoms with Crippen molar-refractivity contribution in [2.75, 3.05) is 0 Å². The van der Waals surface area contributed by atoms with Gasteiger partial charge in [-0.05, 0) is 23.6 Å². The van der Waals surface area contributed by atoms with Crippen LogP contribution in [0.4, 0.5) is 8.78 Å². The van der Waals surface area contributed by atoms with Gasteiger partial charge in [-0.2, -0.15) is 5.26 Å². The van der Waals surface area contributed by atoms with Gasteiger partial charge < -0.3 is 5.73 Å². The van der Waals surface area contributed by atoms with E-state index in [9.17, 15) is 8.78 Å². The van der Waals surface area contributed by atoms with Gasteiger partial charge in [-0.15, -0.1) is 0 Å². The SMILES string of the molecule is CC(C)C(C#N)C(N)c1ccc(F)c(F)c1. The Morgan fingerprint density at radius 3 is 2.31 bits per heavy atom. The number of nitriles is 1. The van der Waals surface area contributed by atoms with Crippen LogP contribution in [0.3, 0.4) is 0 Å². The summed E-state index contributed by atoms with van der Waals surface area (Å²) in [4.78, 5) is 0. The molecule has 0 aromatic heterocycles. The van der Waals surface area contributed by atoms with Gasteiger partial charge >= 0.3 is 0 Å². The molecule has 0 saturated carbocycles. The number of hydrogen-bond donors (Lipinski definition) is 1. The topological polar surface area (TPSA) is 49.8 Å². The molecule has 86 valence electrons. The van der Waals surface area contributed by atoms with Crippen molar-refractivity contribution in [3.63, 3.8) is 0 Å². The van der Waals surface area contributed by atoms with Crippen molar-refractivity contribution in [3.8, 4) is 6.07 Å². The van der Waals surface area contributed by atoms with Crippen molar-refractivity contribution < 1.29 is 8.78 Å². The molecule has 0 saturated heterocycles. The second-order valence-corrected chi connectivity index (χ2v) is 4.10. The van der Waals surface area contributed by atoms with Crippen molar-refractivity contribution in [2.24, 2.45) is 17.6 Å². The van der Waals surface area contributed by atoms with Gasteiger partial charge in [-0.3, -0.25) is 0 Å². The molecule has 2 nitrogen and oxygen atoms in total. The molecule has 0 aliphatic rings. The zero-order valence-corrected chi connectivity index (χ0v) is 9.24. The summed E-state index contributed by atoms with van der Waals surface area (Å²) in [5, 5.41) is 8.95. The van der Waals surface area contributed by atoms with Gasteiger partial charge in [-0.1, -0.05) is 19.9 Å². The second kappa shape index (κ2) is 5.04. The van der Waals surface area contributed by atoms with E-state index in [0.717, 1.165) is 12.1 Å². The molecule has 0 radical (unpaired) electrons. The monoisotopic (exact) mass is 224 g/mol. The smallest absolute Gasteiger partial charge is 0.159 e. The van der Waals surface area contributed by atoms with E-state index in [1.54, 1.807) is 0 Å². The molecule has 1 rings (SSSR count). The van der Waals surface area contributed by atoms with Crippen LogP contribution in [-0.4, -0.2) is 0 Å². The van der Waals surface area contributed by atoms with Gasteiger partial charge in [0.15, 0.2) is 11.6 Å². The largest absolute Gasteiger partial charge is 0.323 e. The Morgan fingerprint density at radius 2 is 1.88 bits per heavy atom. The molecule has 0 heterocycles. The van der Waals surface area contributed by atoms with E-state index in [4.69, 9.17) is 11.0 Å². The van der Waals surface area contributed by atoms with E-state index in [-0.39, 0.29) is 5.92 Å². The number of nitrogens with zero attached hydrogens (tertiary/aromatic N) is 1. The van der Waals surface area contributed by atoms with Crippen LogP contribution in [0.5, 0.6) is 0 Å². The maximum Gasteiger partial charge on any atom is 0.159 e. The van der Waals surface area contributed by atoms with Crippen LogP contribution in [0.2, 0.25) is 0 Å². The Balaban J connectivity index is 3.00. The molecule has 2 N–H and O–H groups in total. The summed E-state index contributed by atoms with van der Waals surface area (Å²) in [7, 11) is 0. The van der Waals surface area contributed by atoms with Crippen LogP contribution < -0.4 is 5.73 Å². The molecule has 1 aromatic rings. The predicted octanol–water partition coefficient (Wildman–Crippen LogP) is 2.76. The molecule has 2 unspecified atom stereocenters. The molecular formula is C12H14F2N2. The van der Waals surface area contributed by atoms with E-state index in [1.165, 1.54) is 6.07 Å². The lowest BCUT2D eigenvalue weighted by atomic mass is 9.86. The number of benzene rings is 1. The molecule has 0 bridgehead atoms. The number of rotatable bonds is 3. The molecule has 16 heavy (non-hydrogen) atoms. The zero-order valence-electron chi connectivity index (χ0n) is 9.24. The minimum absolute atomic E-state index is 0.0631. The lowest BCUT2D eigenvalue weighted by Gasteiger charge is -2.21. The second-order valence-electron chi connectivity index (χ2n) is 4.10. The van der Waals surface area contributed by atoms with Gasteiger partial charge in [0.25, 0.3) is 0 Å². The normalized spacial score (nSPS) is 14.6.